The first kappa shape index (κ1) is 11.4. The number of morpholine rings is 1. The van der Waals surface area contributed by atoms with Gasteiger partial charge in [-0.3, -0.25) is 0 Å². The van der Waals surface area contributed by atoms with E-state index in [2.05, 4.69) is 15.1 Å². The van der Waals surface area contributed by atoms with Crippen molar-refractivity contribution in [1.82, 2.24) is 15.1 Å². The van der Waals surface area contributed by atoms with Crippen molar-refractivity contribution >= 4 is 22.4 Å². The van der Waals surface area contributed by atoms with Crippen LogP contribution in [0.1, 0.15) is 5.69 Å². The Kier molecular flexibility index (Phi) is 2.88. The third-order valence-corrected chi connectivity index (χ3v) is 3.69. The van der Waals surface area contributed by atoms with Gasteiger partial charge in [0.25, 0.3) is 11.8 Å². The molecule has 1 aliphatic heterocycles. The quantitative estimate of drug-likeness (QED) is 0.865. The Hall–Kier alpha value is -1.67. The van der Waals surface area contributed by atoms with E-state index in [9.17, 15) is 0 Å². The van der Waals surface area contributed by atoms with E-state index in [0.29, 0.717) is 30.2 Å². The Morgan fingerprint density at radius 2 is 2.06 bits per heavy atom. The van der Waals surface area contributed by atoms with Gasteiger partial charge in [-0.25, -0.2) is 4.98 Å². The number of nitrogen functional groups attached to an aromatic ring is 1. The lowest BCUT2D eigenvalue weighted by Gasteiger charge is -2.24. The molecule has 0 amide bonds. The molecule has 8 heteroatoms. The summed E-state index contributed by atoms with van der Waals surface area (Å²) in [5.74, 6) is 1.07. The SMILES string of the molecule is Cc1nc(N)sc1-c1nc(N2CCOCC2)no1. The highest BCUT2D eigenvalue weighted by atomic mass is 32.1. The Morgan fingerprint density at radius 3 is 2.72 bits per heavy atom. The third kappa shape index (κ3) is 2.04. The number of nitrogens with two attached hydrogens (primary N) is 1. The molecule has 0 atom stereocenters. The van der Waals surface area contributed by atoms with Crippen LogP contribution in [0.5, 0.6) is 0 Å². The zero-order valence-electron chi connectivity index (χ0n) is 9.92. The van der Waals surface area contributed by atoms with Crippen molar-refractivity contribution in [1.29, 1.82) is 0 Å². The van der Waals surface area contributed by atoms with Gasteiger partial charge in [-0.05, 0) is 12.1 Å². The minimum Gasteiger partial charge on any atom is -0.378 e. The van der Waals surface area contributed by atoms with Gasteiger partial charge < -0.3 is 19.9 Å². The number of aryl methyl sites for hydroxylation is 1. The molecule has 3 rings (SSSR count). The second-order valence-electron chi connectivity index (χ2n) is 3.97. The van der Waals surface area contributed by atoms with Gasteiger partial charge in [-0.2, -0.15) is 4.98 Å². The molecule has 0 radical (unpaired) electrons. The monoisotopic (exact) mass is 267 g/mol. The first-order valence-electron chi connectivity index (χ1n) is 5.64. The van der Waals surface area contributed by atoms with Crippen LogP contribution in [-0.4, -0.2) is 41.4 Å². The van der Waals surface area contributed by atoms with Crippen LogP contribution in [0.2, 0.25) is 0 Å². The van der Waals surface area contributed by atoms with Crippen LogP contribution in [0.25, 0.3) is 10.8 Å². The average Bonchev–Trinajstić information content (AvgIpc) is 2.97. The Morgan fingerprint density at radius 1 is 1.28 bits per heavy atom. The van der Waals surface area contributed by atoms with E-state index in [1.807, 2.05) is 11.8 Å². The van der Waals surface area contributed by atoms with Gasteiger partial charge in [-0.15, -0.1) is 0 Å². The summed E-state index contributed by atoms with van der Waals surface area (Å²) >= 11 is 1.35. The lowest BCUT2D eigenvalue weighted by Crippen LogP contribution is -2.36. The second-order valence-corrected chi connectivity index (χ2v) is 5.00. The molecule has 1 saturated heterocycles. The highest BCUT2D eigenvalue weighted by Crippen LogP contribution is 2.30. The molecule has 0 spiro atoms. The molecule has 96 valence electrons. The number of aromatic nitrogens is 3. The van der Waals surface area contributed by atoms with Gasteiger partial charge in [-0.1, -0.05) is 11.3 Å². The zero-order chi connectivity index (χ0) is 12.5. The zero-order valence-corrected chi connectivity index (χ0v) is 10.7. The predicted molar refractivity (Wildman–Crippen MR) is 67.6 cm³/mol. The number of thiazole rings is 1. The maximum absolute atomic E-state index is 5.66. The fraction of sp³-hybridized carbons (Fsp3) is 0.500. The molecule has 1 aliphatic rings. The number of rotatable bonds is 2. The van der Waals surface area contributed by atoms with Crippen molar-refractivity contribution in [2.75, 3.05) is 36.9 Å². The van der Waals surface area contributed by atoms with Crippen LogP contribution in [-0.2, 0) is 4.74 Å². The third-order valence-electron chi connectivity index (χ3n) is 2.72. The minimum absolute atomic E-state index is 0.475. The van der Waals surface area contributed by atoms with Crippen molar-refractivity contribution in [3.63, 3.8) is 0 Å². The first-order valence-corrected chi connectivity index (χ1v) is 6.45. The van der Waals surface area contributed by atoms with Crippen LogP contribution >= 0.6 is 11.3 Å². The van der Waals surface area contributed by atoms with Crippen molar-refractivity contribution < 1.29 is 9.26 Å². The van der Waals surface area contributed by atoms with Crippen LogP contribution in [0, 0.1) is 6.92 Å². The Labute approximate surface area is 108 Å². The highest BCUT2D eigenvalue weighted by Gasteiger charge is 2.20. The van der Waals surface area contributed by atoms with E-state index in [4.69, 9.17) is 15.0 Å². The molecule has 2 aromatic heterocycles. The summed E-state index contributed by atoms with van der Waals surface area (Å²) in [6.07, 6.45) is 0. The van der Waals surface area contributed by atoms with Gasteiger partial charge in [0, 0.05) is 13.1 Å². The number of nitrogens with zero attached hydrogens (tertiary/aromatic N) is 4. The summed E-state index contributed by atoms with van der Waals surface area (Å²) in [6.45, 7) is 4.82. The van der Waals surface area contributed by atoms with E-state index in [0.717, 1.165) is 23.7 Å². The van der Waals surface area contributed by atoms with E-state index >= 15 is 0 Å². The van der Waals surface area contributed by atoms with Gasteiger partial charge in [0.2, 0.25) is 0 Å². The molecule has 0 saturated carbocycles. The summed E-state index contributed by atoms with van der Waals surface area (Å²) in [7, 11) is 0. The van der Waals surface area contributed by atoms with Crippen molar-refractivity contribution in [3.8, 4) is 10.8 Å². The molecule has 3 heterocycles. The smallest absolute Gasteiger partial charge is 0.271 e. The van der Waals surface area contributed by atoms with E-state index < -0.39 is 0 Å². The summed E-state index contributed by atoms with van der Waals surface area (Å²) < 4.78 is 10.6. The fourth-order valence-corrected chi connectivity index (χ4v) is 2.57. The number of ether oxygens (including phenoxy) is 1. The lowest BCUT2D eigenvalue weighted by atomic mass is 10.4. The van der Waals surface area contributed by atoms with Gasteiger partial charge >= 0.3 is 0 Å². The van der Waals surface area contributed by atoms with E-state index in [1.54, 1.807) is 0 Å². The van der Waals surface area contributed by atoms with E-state index in [1.165, 1.54) is 11.3 Å². The second kappa shape index (κ2) is 4.54. The molecular weight excluding hydrogens is 254 g/mol. The largest absolute Gasteiger partial charge is 0.378 e. The highest BCUT2D eigenvalue weighted by molar-refractivity contribution is 7.18. The van der Waals surface area contributed by atoms with Crippen LogP contribution in [0.3, 0.4) is 0 Å². The van der Waals surface area contributed by atoms with Crippen LogP contribution in [0.4, 0.5) is 11.1 Å². The van der Waals surface area contributed by atoms with Crippen molar-refractivity contribution in [2.24, 2.45) is 0 Å². The molecule has 0 aliphatic carbocycles. The summed E-state index contributed by atoms with van der Waals surface area (Å²) in [5, 5.41) is 4.50. The number of hydrogen-bond donors (Lipinski definition) is 1. The first-order chi connectivity index (χ1) is 8.74. The lowest BCUT2D eigenvalue weighted by molar-refractivity contribution is 0.121. The maximum Gasteiger partial charge on any atom is 0.271 e. The molecule has 0 unspecified atom stereocenters. The summed E-state index contributed by atoms with van der Waals surface area (Å²) in [4.78, 5) is 11.4. The van der Waals surface area contributed by atoms with Crippen molar-refractivity contribution in [2.45, 2.75) is 6.92 Å². The fourth-order valence-electron chi connectivity index (χ4n) is 1.82. The standard InChI is InChI=1S/C10H13N5O2S/c1-6-7(18-9(11)12-6)8-13-10(14-17-8)15-2-4-16-5-3-15/h2-5H2,1H3,(H2,11,12). The Bertz CT molecular complexity index is 546. The molecule has 2 N–H and O–H groups in total. The van der Waals surface area contributed by atoms with Crippen molar-refractivity contribution in [3.05, 3.63) is 5.69 Å². The van der Waals surface area contributed by atoms with Crippen LogP contribution in [0.15, 0.2) is 4.52 Å². The topological polar surface area (TPSA) is 90.3 Å². The summed E-state index contributed by atoms with van der Waals surface area (Å²) in [6, 6.07) is 0. The molecule has 0 aromatic carbocycles. The average molecular weight is 267 g/mol. The number of hydrogen-bond acceptors (Lipinski definition) is 8. The molecule has 2 aromatic rings. The maximum atomic E-state index is 5.66. The molecule has 7 nitrogen and oxygen atoms in total. The van der Waals surface area contributed by atoms with Gasteiger partial charge in [0.1, 0.15) is 4.88 Å². The molecular formula is C10H13N5O2S. The van der Waals surface area contributed by atoms with Gasteiger partial charge in [0.05, 0.1) is 18.9 Å². The minimum atomic E-state index is 0.475. The van der Waals surface area contributed by atoms with Crippen LogP contribution < -0.4 is 10.6 Å². The van der Waals surface area contributed by atoms with E-state index in [-0.39, 0.29) is 0 Å². The normalized spacial score (nSPS) is 16.2. The van der Waals surface area contributed by atoms with Gasteiger partial charge in [0.15, 0.2) is 5.13 Å². The molecule has 18 heavy (non-hydrogen) atoms. The summed E-state index contributed by atoms with van der Waals surface area (Å²) in [5.41, 5.74) is 6.47. The Balaban J connectivity index is 1.86. The molecule has 1 fully saturated rings. The predicted octanol–water partition coefficient (Wildman–Crippen LogP) is 0.920. The number of anilines is 2. The molecule has 0 bridgehead atoms.